The number of halogens is 2. The van der Waals surface area contributed by atoms with Crippen molar-refractivity contribution in [2.24, 2.45) is 0 Å². The molecule has 1 heterocycles. The van der Waals surface area contributed by atoms with Gasteiger partial charge in [-0.05, 0) is 65.2 Å². The van der Waals surface area contributed by atoms with Crippen LogP contribution in [0, 0.1) is 6.92 Å². The third-order valence-corrected chi connectivity index (χ3v) is 7.02. The fourth-order valence-electron chi connectivity index (χ4n) is 4.21. The number of rotatable bonds is 5. The van der Waals surface area contributed by atoms with Gasteiger partial charge in [-0.2, -0.15) is 0 Å². The number of carbonyl (C=O) groups excluding carboxylic acids is 3. The van der Waals surface area contributed by atoms with Gasteiger partial charge in [0.2, 0.25) is 0 Å². The van der Waals surface area contributed by atoms with E-state index in [1.165, 1.54) is 6.08 Å². The highest BCUT2D eigenvalue weighted by Crippen LogP contribution is 2.32. The van der Waals surface area contributed by atoms with Gasteiger partial charge in [0.05, 0.1) is 5.69 Å². The molecule has 0 spiro atoms. The molecular weight excluding hydrogens is 556 g/mol. The number of barbiturate groups is 1. The second-order valence-electron chi connectivity index (χ2n) is 8.45. The molecule has 0 atom stereocenters. The molecule has 1 N–H and O–H groups in total. The van der Waals surface area contributed by atoms with Crippen LogP contribution in [-0.2, 0) is 16.2 Å². The lowest BCUT2D eigenvalue weighted by Crippen LogP contribution is -2.54. The Morgan fingerprint density at radius 3 is 2.57 bits per heavy atom. The molecule has 4 amide bonds. The first-order valence-electron chi connectivity index (χ1n) is 11.4. The summed E-state index contributed by atoms with van der Waals surface area (Å²) < 4.78 is 6.89. The Hall–Kier alpha value is -3.94. The minimum Gasteiger partial charge on any atom is -0.488 e. The summed E-state index contributed by atoms with van der Waals surface area (Å²) >= 11 is 9.66. The van der Waals surface area contributed by atoms with Crippen LogP contribution in [0.3, 0.4) is 0 Å². The van der Waals surface area contributed by atoms with Crippen molar-refractivity contribution >= 4 is 67.9 Å². The summed E-state index contributed by atoms with van der Waals surface area (Å²) in [4.78, 5) is 39.7. The maximum Gasteiger partial charge on any atom is 0.335 e. The lowest BCUT2D eigenvalue weighted by Gasteiger charge is -2.28. The Balaban J connectivity index is 1.50. The van der Waals surface area contributed by atoms with Gasteiger partial charge in [-0.3, -0.25) is 14.9 Å². The monoisotopic (exact) mass is 574 g/mol. The number of ether oxygens (including phenoxy) is 1. The van der Waals surface area contributed by atoms with Crippen LogP contribution in [0.25, 0.3) is 16.8 Å². The number of nitrogens with zero attached hydrogens (tertiary/aromatic N) is 1. The van der Waals surface area contributed by atoms with Crippen molar-refractivity contribution in [2.45, 2.75) is 13.5 Å². The molecule has 37 heavy (non-hydrogen) atoms. The zero-order chi connectivity index (χ0) is 26.1. The number of imide groups is 2. The summed E-state index contributed by atoms with van der Waals surface area (Å²) in [5.41, 5.74) is 2.15. The van der Waals surface area contributed by atoms with Gasteiger partial charge in [-0.15, -0.1) is 0 Å². The molecule has 6 nitrogen and oxygen atoms in total. The molecule has 0 aromatic heterocycles. The molecule has 4 aromatic carbocycles. The van der Waals surface area contributed by atoms with Crippen molar-refractivity contribution in [3.05, 3.63) is 111 Å². The number of hydrogen-bond acceptors (Lipinski definition) is 4. The Labute approximate surface area is 226 Å². The highest BCUT2D eigenvalue weighted by Gasteiger charge is 2.37. The second kappa shape index (κ2) is 10.2. The Bertz CT molecular complexity index is 1610. The molecule has 1 aliphatic heterocycles. The first-order valence-corrected chi connectivity index (χ1v) is 12.6. The molecule has 1 saturated heterocycles. The second-order valence-corrected chi connectivity index (χ2v) is 9.77. The van der Waals surface area contributed by atoms with E-state index in [1.807, 2.05) is 48.5 Å². The number of fused-ring (bicyclic) bond motifs is 1. The summed E-state index contributed by atoms with van der Waals surface area (Å²) in [6, 6.07) is 23.4. The van der Waals surface area contributed by atoms with Crippen molar-refractivity contribution in [3.63, 3.8) is 0 Å². The van der Waals surface area contributed by atoms with Crippen molar-refractivity contribution in [2.75, 3.05) is 4.90 Å². The molecule has 0 bridgehead atoms. The number of hydrogen-bond donors (Lipinski definition) is 1. The van der Waals surface area contributed by atoms with E-state index in [2.05, 4.69) is 21.2 Å². The SMILES string of the molecule is Cc1c(Cl)cccc1N1C(=O)NC(=O)/C(=C\c2cc(Br)ccc2OCc2cccc3ccccc23)C1=O. The predicted octanol–water partition coefficient (Wildman–Crippen LogP) is 6.81. The smallest absolute Gasteiger partial charge is 0.335 e. The molecule has 4 aromatic rings. The zero-order valence-corrected chi connectivity index (χ0v) is 22.0. The average Bonchev–Trinajstić information content (AvgIpc) is 2.88. The van der Waals surface area contributed by atoms with Gasteiger partial charge in [0.25, 0.3) is 11.8 Å². The third kappa shape index (κ3) is 4.88. The molecule has 0 unspecified atom stereocenters. The first-order chi connectivity index (χ1) is 17.8. The fraction of sp³-hybridized carbons (Fsp3) is 0.0690. The molecule has 8 heteroatoms. The summed E-state index contributed by atoms with van der Waals surface area (Å²) in [7, 11) is 0. The van der Waals surface area contributed by atoms with E-state index < -0.39 is 17.8 Å². The van der Waals surface area contributed by atoms with Crippen molar-refractivity contribution in [1.82, 2.24) is 5.32 Å². The predicted molar refractivity (Wildman–Crippen MR) is 148 cm³/mol. The topological polar surface area (TPSA) is 75.7 Å². The maximum atomic E-state index is 13.4. The lowest BCUT2D eigenvalue weighted by molar-refractivity contribution is -0.122. The molecule has 0 aliphatic carbocycles. The van der Waals surface area contributed by atoms with E-state index >= 15 is 0 Å². The number of nitrogens with one attached hydrogen (secondary N) is 1. The van der Waals surface area contributed by atoms with Gasteiger partial charge in [-0.1, -0.05) is 76.1 Å². The standard InChI is InChI=1S/C29H20BrClN2O4/c1-17-24(31)10-5-11-25(17)33-28(35)23(27(34)32-29(33)36)15-20-14-21(30)12-13-26(20)37-16-19-8-4-7-18-6-2-3-9-22(18)19/h2-15H,16H2,1H3,(H,32,34,36)/b23-15+. The fourth-order valence-corrected chi connectivity index (χ4v) is 4.76. The summed E-state index contributed by atoms with van der Waals surface area (Å²) in [6.07, 6.45) is 1.43. The molecule has 184 valence electrons. The minimum absolute atomic E-state index is 0.202. The van der Waals surface area contributed by atoms with Crippen LogP contribution in [0.4, 0.5) is 10.5 Å². The largest absolute Gasteiger partial charge is 0.488 e. The average molecular weight is 576 g/mol. The number of anilines is 1. The number of benzene rings is 4. The normalized spacial score (nSPS) is 14.8. The summed E-state index contributed by atoms with van der Waals surface area (Å²) in [5, 5.41) is 4.83. The van der Waals surface area contributed by atoms with Gasteiger partial charge in [0.15, 0.2) is 0 Å². The van der Waals surface area contributed by atoms with Crippen molar-refractivity contribution in [3.8, 4) is 5.75 Å². The van der Waals surface area contributed by atoms with Crippen LogP contribution < -0.4 is 15.0 Å². The van der Waals surface area contributed by atoms with Gasteiger partial charge in [0, 0.05) is 15.1 Å². The Morgan fingerprint density at radius 1 is 0.973 bits per heavy atom. The van der Waals surface area contributed by atoms with E-state index in [1.54, 1.807) is 37.3 Å². The van der Waals surface area contributed by atoms with E-state index in [9.17, 15) is 14.4 Å². The van der Waals surface area contributed by atoms with Crippen LogP contribution in [0.2, 0.25) is 5.02 Å². The van der Waals surface area contributed by atoms with Crippen LogP contribution in [0.5, 0.6) is 5.75 Å². The molecular formula is C29H20BrClN2O4. The molecule has 1 fully saturated rings. The molecule has 0 radical (unpaired) electrons. The highest BCUT2D eigenvalue weighted by atomic mass is 79.9. The minimum atomic E-state index is -0.834. The van der Waals surface area contributed by atoms with Gasteiger partial charge < -0.3 is 4.74 Å². The van der Waals surface area contributed by atoms with Crippen LogP contribution >= 0.6 is 27.5 Å². The quantitative estimate of drug-likeness (QED) is 0.210. The van der Waals surface area contributed by atoms with Gasteiger partial charge in [0.1, 0.15) is 17.9 Å². The molecule has 0 saturated carbocycles. The Morgan fingerprint density at radius 2 is 1.73 bits per heavy atom. The summed E-state index contributed by atoms with van der Waals surface area (Å²) in [6.45, 7) is 1.98. The lowest BCUT2D eigenvalue weighted by atomic mass is 10.0. The van der Waals surface area contributed by atoms with Crippen molar-refractivity contribution in [1.29, 1.82) is 0 Å². The van der Waals surface area contributed by atoms with E-state index in [0.29, 0.717) is 27.6 Å². The zero-order valence-electron chi connectivity index (χ0n) is 19.6. The number of amides is 4. The van der Waals surface area contributed by atoms with Crippen LogP contribution in [-0.4, -0.2) is 17.8 Å². The van der Waals surface area contributed by atoms with Gasteiger partial charge in [-0.25, -0.2) is 9.69 Å². The molecule has 5 rings (SSSR count). The third-order valence-electron chi connectivity index (χ3n) is 6.12. The highest BCUT2D eigenvalue weighted by molar-refractivity contribution is 9.10. The number of carbonyl (C=O) groups is 3. The van der Waals surface area contributed by atoms with E-state index in [-0.39, 0.29) is 12.2 Å². The summed E-state index contributed by atoms with van der Waals surface area (Å²) in [5.74, 6) is -1.06. The first kappa shape index (κ1) is 24.7. The van der Waals surface area contributed by atoms with Gasteiger partial charge >= 0.3 is 6.03 Å². The number of urea groups is 1. The van der Waals surface area contributed by atoms with Crippen molar-refractivity contribution < 1.29 is 19.1 Å². The molecule has 1 aliphatic rings. The Kier molecular flexibility index (Phi) is 6.82. The van der Waals surface area contributed by atoms with Crippen LogP contribution in [0.15, 0.2) is 88.9 Å². The van der Waals surface area contributed by atoms with E-state index in [4.69, 9.17) is 16.3 Å². The van der Waals surface area contributed by atoms with Crippen LogP contribution in [0.1, 0.15) is 16.7 Å². The maximum absolute atomic E-state index is 13.4. The van der Waals surface area contributed by atoms with E-state index in [0.717, 1.165) is 25.7 Å².